The lowest BCUT2D eigenvalue weighted by molar-refractivity contribution is 0.287. The Morgan fingerprint density at radius 2 is 2.12 bits per heavy atom. The lowest BCUT2D eigenvalue weighted by atomic mass is 10.1. The number of likely N-dealkylation sites (tertiary alicyclic amines) is 1. The first-order valence-corrected chi connectivity index (χ1v) is 6.17. The van der Waals surface area contributed by atoms with E-state index in [-0.39, 0.29) is 0 Å². The van der Waals surface area contributed by atoms with E-state index in [4.69, 9.17) is 5.10 Å². The molecule has 2 heterocycles. The monoisotopic (exact) mass is 228 g/mol. The summed E-state index contributed by atoms with van der Waals surface area (Å²) < 4.78 is 0.644. The Balaban J connectivity index is 2.00. The van der Waals surface area contributed by atoms with Gasteiger partial charge in [-0.25, -0.2) is 0 Å². The Morgan fingerprint density at radius 3 is 2.71 bits per heavy atom. The van der Waals surface area contributed by atoms with Gasteiger partial charge in [-0.15, -0.1) is 4.59 Å². The smallest absolute Gasteiger partial charge is 0.164 e. The van der Waals surface area contributed by atoms with Gasteiger partial charge in [-0.2, -0.15) is 0 Å². The maximum atomic E-state index is 4.73. The summed E-state index contributed by atoms with van der Waals surface area (Å²) >= 11 is 0. The molecule has 0 aromatic heterocycles. The second kappa shape index (κ2) is 4.09. The topological polar surface area (TPSA) is 15.6 Å². The van der Waals surface area contributed by atoms with Crippen molar-refractivity contribution in [3.05, 3.63) is 42.6 Å². The second-order valence-corrected chi connectivity index (χ2v) is 4.88. The van der Waals surface area contributed by atoms with Crippen LogP contribution in [0.3, 0.4) is 0 Å². The summed E-state index contributed by atoms with van der Waals surface area (Å²) in [5.74, 6) is 0. The molecule has 0 aliphatic carbocycles. The molecular formula is C14H18N3+. The fourth-order valence-electron chi connectivity index (χ4n) is 2.84. The number of likely N-dealkylation sites (N-methyl/N-ethyl adjacent to an activating group) is 1. The molecule has 3 nitrogen and oxygen atoms in total. The van der Waals surface area contributed by atoms with E-state index in [0.29, 0.717) is 10.6 Å². The van der Waals surface area contributed by atoms with Crippen molar-refractivity contribution >= 4 is 11.9 Å². The van der Waals surface area contributed by atoms with Crippen LogP contribution in [-0.2, 0) is 0 Å². The molecule has 2 aliphatic heterocycles. The highest BCUT2D eigenvalue weighted by atomic mass is 15.6. The van der Waals surface area contributed by atoms with Gasteiger partial charge in [0.05, 0.1) is 12.8 Å². The van der Waals surface area contributed by atoms with E-state index in [1.165, 1.54) is 18.7 Å². The van der Waals surface area contributed by atoms with Gasteiger partial charge in [0.1, 0.15) is 12.2 Å². The molecule has 0 spiro atoms. The molecule has 88 valence electrons. The lowest BCUT2D eigenvalue weighted by Gasteiger charge is -2.31. The minimum atomic E-state index is 0.539. The summed E-state index contributed by atoms with van der Waals surface area (Å²) in [6.45, 7) is 2.28. The minimum Gasteiger partial charge on any atom is -0.300 e. The molecule has 3 heteroatoms. The van der Waals surface area contributed by atoms with E-state index in [9.17, 15) is 0 Å². The van der Waals surface area contributed by atoms with Crippen LogP contribution >= 0.6 is 0 Å². The van der Waals surface area contributed by atoms with Crippen molar-refractivity contribution in [2.24, 2.45) is 5.10 Å². The normalized spacial score (nSPS) is 32.4. The molecule has 0 bridgehead atoms. The number of hydrogen-bond acceptors (Lipinski definition) is 2. The molecule has 2 atom stereocenters. The van der Waals surface area contributed by atoms with Gasteiger partial charge in [-0.1, -0.05) is 23.3 Å². The van der Waals surface area contributed by atoms with Gasteiger partial charge < -0.3 is 4.90 Å². The third-order valence-corrected chi connectivity index (χ3v) is 3.75. The highest BCUT2D eigenvalue weighted by Gasteiger charge is 2.42. The van der Waals surface area contributed by atoms with Crippen LogP contribution in [0.1, 0.15) is 6.42 Å². The van der Waals surface area contributed by atoms with Crippen molar-refractivity contribution in [3.8, 4) is 0 Å². The Kier molecular flexibility index (Phi) is 2.57. The zero-order valence-corrected chi connectivity index (χ0v) is 10.2. The number of para-hydroxylation sites is 1. The van der Waals surface area contributed by atoms with E-state index < -0.39 is 0 Å². The summed E-state index contributed by atoms with van der Waals surface area (Å²) in [5.41, 5.74) is 1.26. The first-order valence-electron chi connectivity index (χ1n) is 6.17. The third-order valence-electron chi connectivity index (χ3n) is 3.75. The highest BCUT2D eigenvalue weighted by Crippen LogP contribution is 2.33. The van der Waals surface area contributed by atoms with Crippen LogP contribution in [0, 0.1) is 0 Å². The SMILES string of the molecule is CN1CCC([N+]2(c3ccccc3)C=CC=N2)C1. The number of hydrogen-bond donors (Lipinski definition) is 0. The van der Waals surface area contributed by atoms with Gasteiger partial charge in [-0.3, -0.25) is 0 Å². The molecule has 0 radical (unpaired) electrons. The van der Waals surface area contributed by atoms with Gasteiger partial charge >= 0.3 is 0 Å². The lowest BCUT2D eigenvalue weighted by Crippen LogP contribution is -2.47. The van der Waals surface area contributed by atoms with Gasteiger partial charge in [0.15, 0.2) is 5.69 Å². The van der Waals surface area contributed by atoms with Crippen LogP contribution in [-0.4, -0.2) is 37.3 Å². The zero-order valence-electron chi connectivity index (χ0n) is 10.2. The molecule has 0 saturated carbocycles. The van der Waals surface area contributed by atoms with Crippen LogP contribution in [0.25, 0.3) is 0 Å². The van der Waals surface area contributed by atoms with Crippen LogP contribution in [0.15, 0.2) is 47.7 Å². The molecule has 2 aliphatic rings. The molecular weight excluding hydrogens is 210 g/mol. The van der Waals surface area contributed by atoms with Gasteiger partial charge in [0.25, 0.3) is 0 Å². The first-order chi connectivity index (χ1) is 8.31. The van der Waals surface area contributed by atoms with Gasteiger partial charge in [-0.05, 0) is 7.05 Å². The van der Waals surface area contributed by atoms with Crippen molar-refractivity contribution in [2.45, 2.75) is 12.5 Å². The molecule has 1 saturated heterocycles. The standard InChI is InChI=1S/C14H18N3/c1-16-10-8-14(12-16)17(11-5-9-15-17)13-6-3-2-4-7-13/h2-7,9,11,14H,8,10,12H2,1H3/q+1. The average molecular weight is 228 g/mol. The van der Waals surface area contributed by atoms with E-state index in [1.54, 1.807) is 0 Å². The molecule has 1 aromatic rings. The van der Waals surface area contributed by atoms with Crippen molar-refractivity contribution in [1.82, 2.24) is 9.49 Å². The van der Waals surface area contributed by atoms with E-state index in [0.717, 1.165) is 6.54 Å². The third kappa shape index (κ3) is 1.72. The highest BCUT2D eigenvalue weighted by molar-refractivity contribution is 5.75. The number of rotatable bonds is 2. The number of benzene rings is 1. The zero-order chi connectivity index (χ0) is 11.7. The summed E-state index contributed by atoms with van der Waals surface area (Å²) in [7, 11) is 2.19. The number of quaternary nitrogens is 1. The molecule has 2 unspecified atom stereocenters. The first kappa shape index (κ1) is 10.7. The molecule has 1 aromatic carbocycles. The fourth-order valence-corrected chi connectivity index (χ4v) is 2.84. The molecule has 1 fully saturated rings. The van der Waals surface area contributed by atoms with Crippen LogP contribution < -0.4 is 4.59 Å². The predicted octanol–water partition coefficient (Wildman–Crippen LogP) is 2.21. The largest absolute Gasteiger partial charge is 0.300 e. The van der Waals surface area contributed by atoms with Crippen molar-refractivity contribution < 1.29 is 0 Å². The Labute approximate surface area is 102 Å². The Morgan fingerprint density at radius 1 is 1.29 bits per heavy atom. The van der Waals surface area contributed by atoms with Gasteiger partial charge in [0, 0.05) is 31.2 Å². The van der Waals surface area contributed by atoms with Crippen molar-refractivity contribution in [3.63, 3.8) is 0 Å². The quantitative estimate of drug-likeness (QED) is 0.709. The Hall–Kier alpha value is -1.45. The minimum absolute atomic E-state index is 0.539. The van der Waals surface area contributed by atoms with Crippen LogP contribution in [0.2, 0.25) is 0 Å². The summed E-state index contributed by atoms with van der Waals surface area (Å²) in [6, 6.07) is 11.1. The summed E-state index contributed by atoms with van der Waals surface area (Å²) in [4.78, 5) is 2.38. The second-order valence-electron chi connectivity index (χ2n) is 4.88. The van der Waals surface area contributed by atoms with Crippen molar-refractivity contribution in [1.29, 1.82) is 0 Å². The molecule has 0 amide bonds. The van der Waals surface area contributed by atoms with Crippen molar-refractivity contribution in [2.75, 3.05) is 20.1 Å². The number of allylic oxidation sites excluding steroid dienone is 1. The van der Waals surface area contributed by atoms with Gasteiger partial charge in [0.2, 0.25) is 0 Å². The Bertz CT molecular complexity index is 438. The molecule has 0 N–H and O–H groups in total. The molecule has 17 heavy (non-hydrogen) atoms. The summed E-state index contributed by atoms with van der Waals surface area (Å²) in [5, 5.41) is 4.73. The fraction of sp³-hybridized carbons (Fsp3) is 0.357. The van der Waals surface area contributed by atoms with E-state index in [2.05, 4.69) is 54.6 Å². The number of nitrogens with zero attached hydrogens (tertiary/aromatic N) is 3. The maximum absolute atomic E-state index is 4.73. The maximum Gasteiger partial charge on any atom is 0.164 e. The van der Waals surface area contributed by atoms with Crippen LogP contribution in [0.4, 0.5) is 5.69 Å². The molecule has 3 rings (SSSR count). The average Bonchev–Trinajstić information content (AvgIpc) is 2.99. The van der Waals surface area contributed by atoms with Crippen LogP contribution in [0.5, 0.6) is 0 Å². The summed E-state index contributed by atoms with van der Waals surface area (Å²) in [6.07, 6.45) is 7.39. The predicted molar refractivity (Wildman–Crippen MR) is 71.8 cm³/mol. The van der Waals surface area contributed by atoms with E-state index in [1.807, 2.05) is 6.21 Å². The van der Waals surface area contributed by atoms with E-state index >= 15 is 0 Å².